The van der Waals surface area contributed by atoms with E-state index in [1.807, 2.05) is 6.92 Å². The van der Waals surface area contributed by atoms with Crippen LogP contribution in [0.1, 0.15) is 22.1 Å². The summed E-state index contributed by atoms with van der Waals surface area (Å²) in [5.41, 5.74) is 5.88. The zero-order chi connectivity index (χ0) is 22.3. The summed E-state index contributed by atoms with van der Waals surface area (Å²) in [4.78, 5) is 34.9. The fraction of sp³-hybridized carbons (Fsp3) is 0.333. The molecule has 1 fully saturated rings. The Morgan fingerprint density at radius 3 is 2.61 bits per heavy atom. The number of nitrogens with one attached hydrogen (secondary N) is 1. The second-order valence-electron chi connectivity index (χ2n) is 7.01. The Labute approximate surface area is 173 Å². The van der Waals surface area contributed by atoms with Crippen molar-refractivity contribution in [1.29, 1.82) is 0 Å². The molecule has 4 rings (SSSR count). The Hall–Kier alpha value is -3.52. The van der Waals surface area contributed by atoms with E-state index < -0.39 is 42.6 Å². The lowest BCUT2D eigenvalue weighted by Gasteiger charge is -2.17. The Morgan fingerprint density at radius 1 is 1.26 bits per heavy atom. The number of carbonyl (C=O) groups excluding carboxylic acids is 1. The van der Waals surface area contributed by atoms with Crippen molar-refractivity contribution in [3.63, 3.8) is 0 Å². The Morgan fingerprint density at radius 2 is 1.97 bits per heavy atom. The number of aliphatic hydroxyl groups is 3. The summed E-state index contributed by atoms with van der Waals surface area (Å²) in [6.07, 6.45) is -5.37. The highest BCUT2D eigenvalue weighted by Gasteiger charge is 2.45. The SMILES string of the molecule is Cc1ccc(C(=O)N=Nc2nc3c(=O)[nH]c(N)nc3n2[C@@H]2O[C@H](CO)[C@@H](O)[C@H]2O)cc1. The molecule has 13 heteroatoms. The van der Waals surface area contributed by atoms with E-state index in [0.717, 1.165) is 10.1 Å². The zero-order valence-corrected chi connectivity index (χ0v) is 16.2. The lowest BCUT2D eigenvalue weighted by molar-refractivity contribution is -0.0503. The molecule has 0 saturated carbocycles. The number of hydrogen-bond acceptors (Lipinski definition) is 10. The van der Waals surface area contributed by atoms with Gasteiger partial charge in [-0.1, -0.05) is 17.7 Å². The number of hydrogen-bond donors (Lipinski definition) is 5. The number of amides is 1. The number of rotatable bonds is 4. The number of nitrogens with two attached hydrogens (primary N) is 1. The Kier molecular flexibility index (Phi) is 5.32. The van der Waals surface area contributed by atoms with Crippen LogP contribution in [0.15, 0.2) is 39.3 Å². The minimum Gasteiger partial charge on any atom is -0.394 e. The van der Waals surface area contributed by atoms with E-state index in [-0.39, 0.29) is 28.6 Å². The van der Waals surface area contributed by atoms with Crippen molar-refractivity contribution >= 4 is 29.0 Å². The summed E-state index contributed by atoms with van der Waals surface area (Å²) in [6.45, 7) is 1.30. The molecule has 0 aliphatic carbocycles. The van der Waals surface area contributed by atoms with Crippen molar-refractivity contribution < 1.29 is 24.9 Å². The molecule has 2 aromatic heterocycles. The molecular formula is C18H19N7O6. The van der Waals surface area contributed by atoms with Crippen LogP contribution in [0.4, 0.5) is 11.9 Å². The van der Waals surface area contributed by atoms with Gasteiger partial charge in [-0.2, -0.15) is 4.98 Å². The number of H-pyrrole nitrogens is 1. The smallest absolute Gasteiger partial charge is 0.295 e. The maximum atomic E-state index is 12.4. The van der Waals surface area contributed by atoms with Crippen molar-refractivity contribution in [2.24, 2.45) is 10.2 Å². The fourth-order valence-electron chi connectivity index (χ4n) is 3.23. The van der Waals surface area contributed by atoms with E-state index in [1.54, 1.807) is 24.3 Å². The van der Waals surface area contributed by atoms with Gasteiger partial charge in [0.25, 0.3) is 17.4 Å². The average Bonchev–Trinajstić information content (AvgIpc) is 3.24. The van der Waals surface area contributed by atoms with Gasteiger partial charge in [-0.3, -0.25) is 19.1 Å². The molecule has 3 heterocycles. The van der Waals surface area contributed by atoms with E-state index in [9.17, 15) is 24.9 Å². The molecule has 1 amide bonds. The maximum absolute atomic E-state index is 12.4. The molecule has 0 bridgehead atoms. The summed E-state index contributed by atoms with van der Waals surface area (Å²) in [5, 5.41) is 37.3. The lowest BCUT2D eigenvalue weighted by Crippen LogP contribution is -2.33. The number of azo groups is 1. The maximum Gasteiger partial charge on any atom is 0.295 e. The third-order valence-corrected chi connectivity index (χ3v) is 4.85. The minimum atomic E-state index is -1.52. The van der Waals surface area contributed by atoms with Crippen molar-refractivity contribution in [1.82, 2.24) is 19.5 Å². The first-order valence-corrected chi connectivity index (χ1v) is 9.23. The number of aromatic nitrogens is 4. The van der Waals surface area contributed by atoms with Gasteiger partial charge < -0.3 is 25.8 Å². The van der Waals surface area contributed by atoms with Gasteiger partial charge in [-0.25, -0.2) is 4.98 Å². The Bertz CT molecular complexity index is 1220. The highest BCUT2D eigenvalue weighted by Crippen LogP contribution is 2.34. The minimum absolute atomic E-state index is 0.104. The van der Waals surface area contributed by atoms with Gasteiger partial charge >= 0.3 is 0 Å². The summed E-state index contributed by atoms with van der Waals surface area (Å²) in [6, 6.07) is 6.64. The summed E-state index contributed by atoms with van der Waals surface area (Å²) in [5.74, 6) is -1.18. The van der Waals surface area contributed by atoms with Gasteiger partial charge in [0, 0.05) is 5.56 Å². The highest BCUT2D eigenvalue weighted by atomic mass is 16.6. The molecular weight excluding hydrogens is 410 g/mol. The van der Waals surface area contributed by atoms with Crippen LogP contribution in [-0.4, -0.2) is 65.7 Å². The highest BCUT2D eigenvalue weighted by molar-refractivity contribution is 5.94. The number of carbonyl (C=O) groups is 1. The molecule has 4 atom stereocenters. The van der Waals surface area contributed by atoms with Crippen LogP contribution >= 0.6 is 0 Å². The van der Waals surface area contributed by atoms with Gasteiger partial charge in [-0.05, 0) is 19.1 Å². The number of aromatic amines is 1. The predicted octanol–water partition coefficient (Wildman–Crippen LogP) is -0.454. The first kappa shape index (κ1) is 20.7. The quantitative estimate of drug-likeness (QED) is 0.340. The molecule has 1 aliphatic heterocycles. The molecule has 13 nitrogen and oxygen atoms in total. The van der Waals surface area contributed by atoms with Crippen LogP contribution in [0.2, 0.25) is 0 Å². The second kappa shape index (κ2) is 7.96. The van der Waals surface area contributed by atoms with Gasteiger partial charge in [0.1, 0.15) is 18.3 Å². The first-order chi connectivity index (χ1) is 14.8. The van der Waals surface area contributed by atoms with Crippen molar-refractivity contribution in [3.05, 3.63) is 45.7 Å². The number of ether oxygens (including phenoxy) is 1. The molecule has 6 N–H and O–H groups in total. The van der Waals surface area contributed by atoms with Gasteiger partial charge in [-0.15, -0.1) is 10.2 Å². The largest absolute Gasteiger partial charge is 0.394 e. The first-order valence-electron chi connectivity index (χ1n) is 9.23. The van der Waals surface area contributed by atoms with Gasteiger partial charge in [0.05, 0.1) is 6.61 Å². The number of imidazole rings is 1. The molecule has 0 radical (unpaired) electrons. The normalized spacial score (nSPS) is 23.7. The molecule has 1 aromatic carbocycles. The number of benzene rings is 1. The number of nitrogen functional groups attached to an aromatic ring is 1. The van der Waals surface area contributed by atoms with Crippen molar-refractivity contribution in [2.45, 2.75) is 31.5 Å². The molecule has 31 heavy (non-hydrogen) atoms. The van der Waals surface area contributed by atoms with E-state index in [4.69, 9.17) is 10.5 Å². The van der Waals surface area contributed by atoms with E-state index in [0.29, 0.717) is 0 Å². The molecule has 0 spiro atoms. The average molecular weight is 429 g/mol. The number of aryl methyl sites for hydroxylation is 1. The summed E-state index contributed by atoms with van der Waals surface area (Å²) < 4.78 is 6.60. The van der Waals surface area contributed by atoms with Gasteiger partial charge in [0.2, 0.25) is 5.95 Å². The molecule has 3 aromatic rings. The Balaban J connectivity index is 1.80. The predicted molar refractivity (Wildman–Crippen MR) is 106 cm³/mol. The van der Waals surface area contributed by atoms with Crippen LogP contribution in [0, 0.1) is 6.92 Å². The number of fused-ring (bicyclic) bond motifs is 1. The molecule has 1 saturated heterocycles. The van der Waals surface area contributed by atoms with Gasteiger partial charge in [0.15, 0.2) is 17.4 Å². The summed E-state index contributed by atoms with van der Waals surface area (Å²) >= 11 is 0. The number of aliphatic hydroxyl groups excluding tert-OH is 3. The van der Waals surface area contributed by atoms with E-state index in [1.165, 1.54) is 0 Å². The molecule has 1 aliphatic rings. The van der Waals surface area contributed by atoms with Crippen LogP contribution in [0.5, 0.6) is 0 Å². The van der Waals surface area contributed by atoms with Crippen LogP contribution in [0.3, 0.4) is 0 Å². The standard InChI is InChI=1S/C18H19N7O6/c1-7-2-4-8(5-3-7)14(29)23-24-18-20-10-13(21-17(19)22-15(10)30)25(18)16-12(28)11(27)9(6-26)31-16/h2-5,9,11-12,16,26-28H,6H2,1H3,(H3,19,21,22,30)/t9-,11-,12-,16-/m1/s1. The number of anilines is 1. The van der Waals surface area contributed by atoms with E-state index in [2.05, 4.69) is 25.2 Å². The zero-order valence-electron chi connectivity index (χ0n) is 16.2. The van der Waals surface area contributed by atoms with Crippen LogP contribution in [-0.2, 0) is 4.74 Å². The second-order valence-corrected chi connectivity index (χ2v) is 7.01. The third-order valence-electron chi connectivity index (χ3n) is 4.85. The van der Waals surface area contributed by atoms with Crippen molar-refractivity contribution in [2.75, 3.05) is 12.3 Å². The topological polar surface area (TPSA) is 201 Å². The number of nitrogens with zero attached hydrogens (tertiary/aromatic N) is 5. The third kappa shape index (κ3) is 3.70. The molecule has 0 unspecified atom stereocenters. The fourth-order valence-corrected chi connectivity index (χ4v) is 3.23. The van der Waals surface area contributed by atoms with Crippen LogP contribution < -0.4 is 11.3 Å². The van der Waals surface area contributed by atoms with Crippen LogP contribution in [0.25, 0.3) is 11.2 Å². The summed E-state index contributed by atoms with van der Waals surface area (Å²) in [7, 11) is 0. The molecule has 162 valence electrons. The van der Waals surface area contributed by atoms with Crippen molar-refractivity contribution in [3.8, 4) is 0 Å². The van der Waals surface area contributed by atoms with E-state index >= 15 is 0 Å². The monoisotopic (exact) mass is 429 g/mol. The lowest BCUT2D eigenvalue weighted by atomic mass is 10.1.